The van der Waals surface area contributed by atoms with E-state index in [-0.39, 0.29) is 5.78 Å². The van der Waals surface area contributed by atoms with E-state index in [2.05, 4.69) is 30.3 Å². The van der Waals surface area contributed by atoms with Gasteiger partial charge >= 0.3 is 5.97 Å². The molecule has 0 fully saturated rings. The Hall–Kier alpha value is -3.36. The molecule has 174 valence electrons. The number of para-hydroxylation sites is 1. The van der Waals surface area contributed by atoms with E-state index in [1.807, 2.05) is 71.6 Å². The van der Waals surface area contributed by atoms with Gasteiger partial charge in [-0.15, -0.1) is 0 Å². The fourth-order valence-corrected chi connectivity index (χ4v) is 7.43. The molecule has 3 aromatic carbocycles. The SMILES string of the molecule is COC(=O)/C=C/N1c2ccccc2C=CC1P(=O)(CCc1ccccc1)CCc1ccccc1. The lowest BCUT2D eigenvalue weighted by Crippen LogP contribution is -2.34. The molecule has 0 N–H and O–H groups in total. The van der Waals surface area contributed by atoms with E-state index < -0.39 is 13.1 Å². The fraction of sp³-hybridized carbons (Fsp3) is 0.207. The van der Waals surface area contributed by atoms with E-state index in [4.69, 9.17) is 4.74 Å². The molecule has 0 spiro atoms. The highest BCUT2D eigenvalue weighted by molar-refractivity contribution is 7.65. The molecule has 0 aliphatic carbocycles. The van der Waals surface area contributed by atoms with Crippen LogP contribution in [0.3, 0.4) is 0 Å². The maximum atomic E-state index is 14.8. The molecule has 4 nitrogen and oxygen atoms in total. The minimum absolute atomic E-state index is 0.337. The lowest BCUT2D eigenvalue weighted by molar-refractivity contribution is -0.134. The third kappa shape index (κ3) is 5.76. The number of benzene rings is 3. The van der Waals surface area contributed by atoms with Crippen molar-refractivity contribution in [2.24, 2.45) is 0 Å². The molecule has 1 atom stereocenters. The lowest BCUT2D eigenvalue weighted by Gasteiger charge is -2.38. The second-order valence-corrected chi connectivity index (χ2v) is 11.8. The van der Waals surface area contributed by atoms with E-state index in [1.165, 1.54) is 24.3 Å². The maximum absolute atomic E-state index is 14.8. The zero-order chi connectivity index (χ0) is 23.8. The lowest BCUT2D eigenvalue weighted by atomic mass is 10.1. The Labute approximate surface area is 201 Å². The second kappa shape index (κ2) is 11.2. The van der Waals surface area contributed by atoms with Crippen LogP contribution in [0.25, 0.3) is 6.08 Å². The number of methoxy groups -OCH3 is 1. The van der Waals surface area contributed by atoms with Crippen molar-refractivity contribution in [3.05, 3.63) is 120 Å². The number of aryl methyl sites for hydroxylation is 2. The van der Waals surface area contributed by atoms with Crippen molar-refractivity contribution in [3.63, 3.8) is 0 Å². The van der Waals surface area contributed by atoms with E-state index >= 15 is 0 Å². The van der Waals surface area contributed by atoms with Gasteiger partial charge in [0.2, 0.25) is 0 Å². The van der Waals surface area contributed by atoms with E-state index in [0.29, 0.717) is 12.3 Å². The summed E-state index contributed by atoms with van der Waals surface area (Å²) in [6, 6.07) is 28.4. The Bertz CT molecular complexity index is 1160. The first kappa shape index (κ1) is 23.8. The van der Waals surface area contributed by atoms with Crippen molar-refractivity contribution in [2.75, 3.05) is 24.3 Å². The van der Waals surface area contributed by atoms with Gasteiger partial charge in [0.25, 0.3) is 0 Å². The maximum Gasteiger partial charge on any atom is 0.331 e. The van der Waals surface area contributed by atoms with Crippen LogP contribution in [0.1, 0.15) is 16.7 Å². The number of esters is 1. The van der Waals surface area contributed by atoms with E-state index in [1.54, 1.807) is 6.20 Å². The third-order valence-electron chi connectivity index (χ3n) is 6.25. The molecule has 0 aromatic heterocycles. The molecule has 1 aliphatic heterocycles. The molecule has 0 bridgehead atoms. The Morgan fingerprint density at radius 1 is 0.882 bits per heavy atom. The first-order chi connectivity index (χ1) is 16.6. The van der Waals surface area contributed by atoms with Gasteiger partial charge in [-0.3, -0.25) is 0 Å². The summed E-state index contributed by atoms with van der Waals surface area (Å²) in [5, 5.41) is 0. The number of anilines is 1. The molecular formula is C29H30NO3P. The smallest absolute Gasteiger partial charge is 0.331 e. The molecule has 3 aromatic rings. The van der Waals surface area contributed by atoms with Gasteiger partial charge in [0, 0.05) is 30.3 Å². The topological polar surface area (TPSA) is 46.6 Å². The van der Waals surface area contributed by atoms with Crippen molar-refractivity contribution in [1.82, 2.24) is 0 Å². The van der Waals surface area contributed by atoms with Crippen molar-refractivity contribution >= 4 is 24.9 Å². The molecular weight excluding hydrogens is 441 g/mol. The molecule has 1 heterocycles. The Kier molecular flexibility index (Phi) is 7.82. The van der Waals surface area contributed by atoms with Crippen LogP contribution < -0.4 is 4.90 Å². The number of hydrogen-bond donors (Lipinski definition) is 0. The van der Waals surface area contributed by atoms with Crippen LogP contribution in [-0.4, -0.2) is 31.2 Å². The first-order valence-corrected chi connectivity index (χ1v) is 13.7. The average Bonchev–Trinajstić information content (AvgIpc) is 2.90. The highest BCUT2D eigenvalue weighted by Crippen LogP contribution is 2.56. The average molecular weight is 472 g/mol. The standard InChI is InChI=1S/C29H30NO3P/c1-33-29(31)18-21-30-27-15-9-8-14-26(27)16-17-28(30)34(32,22-19-24-10-4-2-5-11-24)23-20-25-12-6-3-7-13-25/h2-18,21,28H,19-20,22-23H2,1H3/b21-18+. The van der Waals surface area contributed by atoms with Crippen LogP contribution in [0.5, 0.6) is 0 Å². The predicted octanol–water partition coefficient (Wildman–Crippen LogP) is 6.38. The Morgan fingerprint density at radius 2 is 1.44 bits per heavy atom. The van der Waals surface area contributed by atoms with Gasteiger partial charge in [0.15, 0.2) is 0 Å². The number of nitrogens with zero attached hydrogens (tertiary/aromatic N) is 1. The summed E-state index contributed by atoms with van der Waals surface area (Å²) in [6.07, 6.45) is 9.88. The van der Waals surface area contributed by atoms with Crippen LogP contribution in [0, 0.1) is 0 Å². The highest BCUT2D eigenvalue weighted by atomic mass is 31.2. The van der Waals surface area contributed by atoms with Gasteiger partial charge < -0.3 is 14.2 Å². The zero-order valence-corrected chi connectivity index (χ0v) is 20.3. The Morgan fingerprint density at radius 3 is 2.03 bits per heavy atom. The predicted molar refractivity (Wildman–Crippen MR) is 141 cm³/mol. The molecule has 0 amide bonds. The van der Waals surface area contributed by atoms with E-state index in [9.17, 15) is 9.36 Å². The monoisotopic (exact) mass is 471 g/mol. The van der Waals surface area contributed by atoms with Gasteiger partial charge in [0.1, 0.15) is 12.9 Å². The summed E-state index contributed by atoms with van der Waals surface area (Å²) in [4.78, 5) is 13.9. The molecule has 1 unspecified atom stereocenters. The number of fused-ring (bicyclic) bond motifs is 1. The van der Waals surface area contributed by atoms with Crippen LogP contribution in [-0.2, 0) is 26.9 Å². The van der Waals surface area contributed by atoms with Crippen LogP contribution in [0.15, 0.2) is 103 Å². The second-order valence-electron chi connectivity index (χ2n) is 8.45. The molecule has 4 rings (SSSR count). The molecule has 0 saturated carbocycles. The molecule has 5 heteroatoms. The third-order valence-corrected chi connectivity index (χ3v) is 9.59. The summed E-state index contributed by atoms with van der Waals surface area (Å²) in [6.45, 7) is 0. The molecule has 34 heavy (non-hydrogen) atoms. The van der Waals surface area contributed by atoms with Crippen LogP contribution in [0.4, 0.5) is 5.69 Å². The van der Waals surface area contributed by atoms with Gasteiger partial charge in [-0.25, -0.2) is 4.79 Å². The number of hydrogen-bond acceptors (Lipinski definition) is 4. The molecule has 0 radical (unpaired) electrons. The molecule has 1 aliphatic rings. The van der Waals surface area contributed by atoms with Gasteiger partial charge in [0.05, 0.1) is 7.11 Å². The van der Waals surface area contributed by atoms with Crippen molar-refractivity contribution < 1.29 is 14.1 Å². The quantitative estimate of drug-likeness (QED) is 0.206. The minimum atomic E-state index is -2.77. The summed E-state index contributed by atoms with van der Waals surface area (Å²) >= 11 is 0. The summed E-state index contributed by atoms with van der Waals surface area (Å²) in [7, 11) is -1.41. The van der Waals surface area contributed by atoms with Crippen molar-refractivity contribution in [3.8, 4) is 0 Å². The Balaban J connectivity index is 1.68. The highest BCUT2D eigenvalue weighted by Gasteiger charge is 2.37. The largest absolute Gasteiger partial charge is 0.466 e. The number of carbonyl (C=O) groups excluding carboxylic acids is 1. The van der Waals surface area contributed by atoms with Crippen LogP contribution >= 0.6 is 7.14 Å². The fourth-order valence-electron chi connectivity index (χ4n) is 4.35. The molecule has 0 saturated heterocycles. The minimum Gasteiger partial charge on any atom is -0.466 e. The van der Waals surface area contributed by atoms with Crippen molar-refractivity contribution in [2.45, 2.75) is 18.6 Å². The summed E-state index contributed by atoms with van der Waals surface area (Å²) < 4.78 is 19.6. The van der Waals surface area contributed by atoms with Crippen LogP contribution in [0.2, 0.25) is 0 Å². The number of carbonyl (C=O) groups is 1. The first-order valence-electron chi connectivity index (χ1n) is 11.6. The number of ether oxygens (including phenoxy) is 1. The zero-order valence-electron chi connectivity index (χ0n) is 19.4. The number of rotatable bonds is 9. The van der Waals surface area contributed by atoms with Crippen molar-refractivity contribution in [1.29, 1.82) is 0 Å². The van der Waals surface area contributed by atoms with Gasteiger partial charge in [-0.05, 0) is 35.6 Å². The van der Waals surface area contributed by atoms with Gasteiger partial charge in [-0.2, -0.15) is 0 Å². The summed E-state index contributed by atoms with van der Waals surface area (Å²) in [5.74, 6) is -0.773. The normalized spacial score (nSPS) is 15.3. The van der Waals surface area contributed by atoms with E-state index in [0.717, 1.165) is 24.1 Å². The summed E-state index contributed by atoms with van der Waals surface area (Å²) in [5.41, 5.74) is 4.33. The van der Waals surface area contributed by atoms with Gasteiger partial charge in [-0.1, -0.05) is 91.0 Å².